The Morgan fingerprint density at radius 1 is 1.33 bits per heavy atom. The van der Waals surface area contributed by atoms with Crippen molar-refractivity contribution in [2.24, 2.45) is 0 Å². The quantitative estimate of drug-likeness (QED) is 0.752. The van der Waals surface area contributed by atoms with E-state index in [0.717, 1.165) is 0 Å². The summed E-state index contributed by atoms with van der Waals surface area (Å²) < 4.78 is 4.89. The van der Waals surface area contributed by atoms with Crippen LogP contribution in [0.1, 0.15) is 17.5 Å². The van der Waals surface area contributed by atoms with Crippen LogP contribution >= 0.6 is 11.6 Å². The van der Waals surface area contributed by atoms with Gasteiger partial charge in [0.15, 0.2) is 11.0 Å². The van der Waals surface area contributed by atoms with Crippen LogP contribution in [0.2, 0.25) is 5.22 Å². The molecule has 0 fully saturated rings. The van der Waals surface area contributed by atoms with E-state index in [-0.39, 0.29) is 22.8 Å². The average Bonchev–Trinajstić information content (AvgIpc) is 2.59. The first-order valence-corrected chi connectivity index (χ1v) is 4.75. The van der Waals surface area contributed by atoms with Crippen molar-refractivity contribution in [3.05, 3.63) is 23.1 Å². The highest BCUT2D eigenvalue weighted by atomic mass is 35.5. The lowest BCUT2D eigenvalue weighted by atomic mass is 10.4. The third-order valence-electron chi connectivity index (χ3n) is 1.58. The number of carbonyl (C=O) groups is 2. The van der Waals surface area contributed by atoms with Crippen molar-refractivity contribution in [3.63, 3.8) is 0 Å². The van der Waals surface area contributed by atoms with Crippen molar-refractivity contribution in [1.29, 1.82) is 0 Å². The Kier molecular flexibility index (Phi) is 4.17. The van der Waals surface area contributed by atoms with Crippen LogP contribution in [0.3, 0.4) is 0 Å². The molecule has 0 unspecified atom stereocenters. The van der Waals surface area contributed by atoms with Gasteiger partial charge in [-0.05, 0) is 23.7 Å². The lowest BCUT2D eigenvalue weighted by molar-refractivity contribution is -0.118. The molecular formula is C9H11ClN2O3. The van der Waals surface area contributed by atoms with E-state index in [1.165, 1.54) is 19.1 Å². The summed E-state index contributed by atoms with van der Waals surface area (Å²) in [5.41, 5.74) is 0. The summed E-state index contributed by atoms with van der Waals surface area (Å²) >= 11 is 5.50. The lowest BCUT2D eigenvalue weighted by Crippen LogP contribution is -2.33. The van der Waals surface area contributed by atoms with E-state index >= 15 is 0 Å². The zero-order chi connectivity index (χ0) is 11.3. The molecule has 82 valence electrons. The van der Waals surface area contributed by atoms with Crippen LogP contribution in [0.25, 0.3) is 0 Å². The van der Waals surface area contributed by atoms with Crippen LogP contribution in [0.15, 0.2) is 16.5 Å². The number of hydrogen-bond donors (Lipinski definition) is 2. The molecule has 0 aliphatic carbocycles. The molecule has 15 heavy (non-hydrogen) atoms. The van der Waals surface area contributed by atoms with Gasteiger partial charge < -0.3 is 15.1 Å². The van der Waals surface area contributed by atoms with Gasteiger partial charge in [0.2, 0.25) is 5.91 Å². The van der Waals surface area contributed by atoms with Crippen LogP contribution in [0, 0.1) is 0 Å². The second-order valence-electron chi connectivity index (χ2n) is 2.84. The SMILES string of the molecule is CC(=O)NCCNC(=O)c1ccc(Cl)o1. The second-order valence-corrected chi connectivity index (χ2v) is 3.22. The summed E-state index contributed by atoms with van der Waals surface area (Å²) in [7, 11) is 0. The average molecular weight is 231 g/mol. The van der Waals surface area contributed by atoms with Gasteiger partial charge >= 0.3 is 0 Å². The lowest BCUT2D eigenvalue weighted by Gasteiger charge is -2.03. The molecule has 1 rings (SSSR count). The first-order chi connectivity index (χ1) is 7.09. The Hall–Kier alpha value is -1.49. The highest BCUT2D eigenvalue weighted by Crippen LogP contribution is 2.12. The number of furan rings is 1. The predicted octanol–water partition coefficient (Wildman–Crippen LogP) is 0.799. The van der Waals surface area contributed by atoms with Crippen LogP contribution < -0.4 is 10.6 Å². The van der Waals surface area contributed by atoms with Gasteiger partial charge in [-0.1, -0.05) is 0 Å². The Balaban J connectivity index is 2.28. The van der Waals surface area contributed by atoms with Gasteiger partial charge in [0.1, 0.15) is 0 Å². The van der Waals surface area contributed by atoms with E-state index in [9.17, 15) is 9.59 Å². The molecule has 0 spiro atoms. The molecule has 1 heterocycles. The van der Waals surface area contributed by atoms with E-state index in [2.05, 4.69) is 10.6 Å². The number of rotatable bonds is 4. The Labute approximate surface area is 91.8 Å². The maximum absolute atomic E-state index is 11.3. The van der Waals surface area contributed by atoms with E-state index in [1.807, 2.05) is 0 Å². The van der Waals surface area contributed by atoms with Gasteiger partial charge in [-0.2, -0.15) is 0 Å². The van der Waals surface area contributed by atoms with Gasteiger partial charge in [-0.25, -0.2) is 0 Å². The fourth-order valence-corrected chi connectivity index (χ4v) is 1.08. The minimum atomic E-state index is -0.354. The molecular weight excluding hydrogens is 220 g/mol. The van der Waals surface area contributed by atoms with E-state index in [0.29, 0.717) is 13.1 Å². The fraction of sp³-hybridized carbons (Fsp3) is 0.333. The number of amides is 2. The molecule has 1 aromatic rings. The normalized spacial score (nSPS) is 9.73. The zero-order valence-electron chi connectivity index (χ0n) is 8.17. The standard InChI is InChI=1S/C9H11ClN2O3/c1-6(13)11-4-5-12-9(14)7-2-3-8(10)15-7/h2-3H,4-5H2,1H3,(H,11,13)(H,12,14). The molecule has 0 bridgehead atoms. The van der Waals surface area contributed by atoms with Crippen molar-refractivity contribution >= 4 is 23.4 Å². The van der Waals surface area contributed by atoms with Crippen LogP contribution in [-0.2, 0) is 4.79 Å². The highest BCUT2D eigenvalue weighted by Gasteiger charge is 2.08. The minimum absolute atomic E-state index is 0.134. The van der Waals surface area contributed by atoms with Gasteiger partial charge in [0, 0.05) is 20.0 Å². The summed E-state index contributed by atoms with van der Waals surface area (Å²) in [6, 6.07) is 2.97. The largest absolute Gasteiger partial charge is 0.440 e. The monoisotopic (exact) mass is 230 g/mol. The van der Waals surface area contributed by atoms with Crippen molar-refractivity contribution in [2.45, 2.75) is 6.92 Å². The fourth-order valence-electron chi connectivity index (χ4n) is 0.938. The van der Waals surface area contributed by atoms with E-state index in [1.54, 1.807) is 0 Å². The Morgan fingerprint density at radius 2 is 2.00 bits per heavy atom. The van der Waals surface area contributed by atoms with Gasteiger partial charge in [0.05, 0.1) is 0 Å². The first kappa shape index (κ1) is 11.6. The molecule has 0 aliphatic rings. The number of hydrogen-bond acceptors (Lipinski definition) is 3. The van der Waals surface area contributed by atoms with Crippen molar-refractivity contribution < 1.29 is 14.0 Å². The van der Waals surface area contributed by atoms with Crippen molar-refractivity contribution in [2.75, 3.05) is 13.1 Å². The molecule has 0 saturated heterocycles. The third-order valence-corrected chi connectivity index (χ3v) is 1.78. The number of nitrogens with one attached hydrogen (secondary N) is 2. The molecule has 0 atom stereocenters. The Morgan fingerprint density at radius 3 is 2.53 bits per heavy atom. The van der Waals surface area contributed by atoms with Crippen molar-refractivity contribution in [3.8, 4) is 0 Å². The molecule has 2 N–H and O–H groups in total. The summed E-state index contributed by atoms with van der Waals surface area (Å²) in [6.07, 6.45) is 0. The molecule has 0 aliphatic heterocycles. The number of carbonyl (C=O) groups excluding carboxylic acids is 2. The third kappa shape index (κ3) is 4.03. The minimum Gasteiger partial charge on any atom is -0.440 e. The van der Waals surface area contributed by atoms with Crippen molar-refractivity contribution in [1.82, 2.24) is 10.6 Å². The predicted molar refractivity (Wildman–Crippen MR) is 54.7 cm³/mol. The summed E-state index contributed by atoms with van der Waals surface area (Å²) in [5.74, 6) is -0.333. The molecule has 6 heteroatoms. The second kappa shape index (κ2) is 5.41. The maximum Gasteiger partial charge on any atom is 0.287 e. The van der Waals surface area contributed by atoms with Crippen LogP contribution in [0.5, 0.6) is 0 Å². The first-order valence-electron chi connectivity index (χ1n) is 4.37. The molecule has 0 saturated carbocycles. The van der Waals surface area contributed by atoms with Gasteiger partial charge in [-0.15, -0.1) is 0 Å². The zero-order valence-corrected chi connectivity index (χ0v) is 8.93. The Bertz CT molecular complexity index is 362. The summed E-state index contributed by atoms with van der Waals surface area (Å²) in [5, 5.41) is 5.28. The topological polar surface area (TPSA) is 71.3 Å². The maximum atomic E-state index is 11.3. The van der Waals surface area contributed by atoms with E-state index in [4.69, 9.17) is 16.0 Å². The smallest absolute Gasteiger partial charge is 0.287 e. The van der Waals surface area contributed by atoms with Gasteiger partial charge in [-0.3, -0.25) is 9.59 Å². The molecule has 5 nitrogen and oxygen atoms in total. The van der Waals surface area contributed by atoms with Crippen LogP contribution in [0.4, 0.5) is 0 Å². The molecule has 1 aromatic heterocycles. The highest BCUT2D eigenvalue weighted by molar-refractivity contribution is 6.29. The molecule has 0 aromatic carbocycles. The molecule has 0 radical (unpaired) electrons. The van der Waals surface area contributed by atoms with Gasteiger partial charge in [0.25, 0.3) is 5.91 Å². The van der Waals surface area contributed by atoms with E-state index < -0.39 is 0 Å². The molecule has 2 amide bonds. The summed E-state index contributed by atoms with van der Waals surface area (Å²) in [6.45, 7) is 2.14. The number of halogens is 1. The summed E-state index contributed by atoms with van der Waals surface area (Å²) in [4.78, 5) is 21.8. The van der Waals surface area contributed by atoms with Crippen LogP contribution in [-0.4, -0.2) is 24.9 Å².